The molecular weight excluding hydrogens is 346 g/mol. The summed E-state index contributed by atoms with van der Waals surface area (Å²) < 4.78 is 12.3. The number of fused-ring (bicyclic) bond motifs is 1. The zero-order chi connectivity index (χ0) is 19.6. The van der Waals surface area contributed by atoms with E-state index in [2.05, 4.69) is 0 Å². The lowest BCUT2D eigenvalue weighted by atomic mass is 10.0. The molecule has 1 N–H and O–H groups in total. The highest BCUT2D eigenvalue weighted by molar-refractivity contribution is 5.84. The third-order valence-electron chi connectivity index (χ3n) is 4.55. The Morgan fingerprint density at radius 1 is 1.11 bits per heavy atom. The number of nitrogens with zero attached hydrogens (tertiary/aromatic N) is 1. The van der Waals surface area contributed by atoms with Gasteiger partial charge in [0.25, 0.3) is 0 Å². The summed E-state index contributed by atoms with van der Waals surface area (Å²) in [7, 11) is 3.13. The Kier molecular flexibility index (Phi) is 5.16. The number of hydrogen-bond donors (Lipinski definition) is 1. The second kappa shape index (κ2) is 7.53. The van der Waals surface area contributed by atoms with Crippen LogP contribution >= 0.6 is 0 Å². The maximum atomic E-state index is 13.0. The van der Waals surface area contributed by atoms with Gasteiger partial charge in [0.15, 0.2) is 5.43 Å². The van der Waals surface area contributed by atoms with E-state index in [0.717, 1.165) is 11.1 Å². The van der Waals surface area contributed by atoms with Crippen molar-refractivity contribution in [3.05, 3.63) is 69.5 Å². The first-order chi connectivity index (χ1) is 12.9. The minimum Gasteiger partial charge on any atom is -0.497 e. The highest BCUT2D eigenvalue weighted by Crippen LogP contribution is 2.27. The number of aliphatic carboxylic acids is 1. The summed E-state index contributed by atoms with van der Waals surface area (Å²) in [4.78, 5) is 24.3. The number of aromatic nitrogens is 1. The Balaban J connectivity index is 2.17. The van der Waals surface area contributed by atoms with E-state index in [4.69, 9.17) is 9.47 Å². The molecule has 6 nitrogen and oxygen atoms in total. The van der Waals surface area contributed by atoms with Crippen molar-refractivity contribution in [1.29, 1.82) is 0 Å². The molecule has 0 unspecified atom stereocenters. The molecule has 6 heteroatoms. The lowest BCUT2D eigenvalue weighted by molar-refractivity contribution is -0.137. The zero-order valence-electron chi connectivity index (χ0n) is 15.5. The van der Waals surface area contributed by atoms with Crippen LogP contribution in [0.4, 0.5) is 0 Å². The molecule has 140 valence electrons. The molecule has 0 spiro atoms. The molecule has 0 saturated carbocycles. The Bertz CT molecular complexity index is 1070. The molecule has 1 aromatic heterocycles. The van der Waals surface area contributed by atoms with E-state index in [9.17, 15) is 14.7 Å². The molecule has 1 heterocycles. The molecule has 3 rings (SSSR count). The lowest BCUT2D eigenvalue weighted by Gasteiger charge is -2.15. The first kappa shape index (κ1) is 18.5. The van der Waals surface area contributed by atoms with Gasteiger partial charge in [-0.3, -0.25) is 9.59 Å². The number of para-hydroxylation sites is 1. The van der Waals surface area contributed by atoms with Crippen molar-refractivity contribution < 1.29 is 19.4 Å². The predicted octanol–water partition coefficient (Wildman–Crippen LogP) is 3.00. The third-order valence-corrected chi connectivity index (χ3v) is 4.55. The van der Waals surface area contributed by atoms with Crippen molar-refractivity contribution >= 4 is 16.9 Å². The van der Waals surface area contributed by atoms with E-state index >= 15 is 0 Å². The number of carbonyl (C=O) groups is 1. The topological polar surface area (TPSA) is 77.8 Å². The van der Waals surface area contributed by atoms with Gasteiger partial charge in [-0.2, -0.15) is 0 Å². The second-order valence-corrected chi connectivity index (χ2v) is 6.33. The summed E-state index contributed by atoms with van der Waals surface area (Å²) in [6.07, 6.45) is 1.96. The molecule has 0 aliphatic rings. The minimum atomic E-state index is -0.962. The van der Waals surface area contributed by atoms with Crippen molar-refractivity contribution in [3.8, 4) is 11.5 Å². The van der Waals surface area contributed by atoms with Gasteiger partial charge in [0.05, 0.1) is 19.7 Å². The zero-order valence-corrected chi connectivity index (χ0v) is 15.5. The molecule has 0 aliphatic heterocycles. The Hall–Kier alpha value is -3.28. The number of carboxylic acid groups (broad SMARTS) is 1. The number of aryl methyl sites for hydroxylation is 1. The average molecular weight is 367 g/mol. The van der Waals surface area contributed by atoms with Crippen LogP contribution in [-0.2, 0) is 17.8 Å². The summed E-state index contributed by atoms with van der Waals surface area (Å²) in [6.45, 7) is 1.65. The van der Waals surface area contributed by atoms with Crippen LogP contribution < -0.4 is 14.9 Å². The number of hydrogen-bond acceptors (Lipinski definition) is 4. The van der Waals surface area contributed by atoms with Gasteiger partial charge < -0.3 is 19.1 Å². The monoisotopic (exact) mass is 367 g/mol. The summed E-state index contributed by atoms with van der Waals surface area (Å²) >= 11 is 0. The van der Waals surface area contributed by atoms with Crippen LogP contribution in [0.15, 0.2) is 47.4 Å². The van der Waals surface area contributed by atoms with Crippen LogP contribution in [0.25, 0.3) is 10.9 Å². The number of benzene rings is 2. The number of rotatable bonds is 6. The Morgan fingerprint density at radius 3 is 2.56 bits per heavy atom. The Labute approximate surface area is 156 Å². The normalized spacial score (nSPS) is 10.8. The summed E-state index contributed by atoms with van der Waals surface area (Å²) in [6, 6.07) is 10.8. The predicted molar refractivity (Wildman–Crippen MR) is 103 cm³/mol. The highest BCUT2D eigenvalue weighted by atomic mass is 16.5. The van der Waals surface area contributed by atoms with Crippen molar-refractivity contribution in [1.82, 2.24) is 4.57 Å². The van der Waals surface area contributed by atoms with Crippen LogP contribution in [-0.4, -0.2) is 29.9 Å². The standard InChI is InChI=1S/C21H21NO5/c1-13-5-4-6-17-20(13)22(12-19(23)24)11-15(21(17)25)9-14-7-8-16(26-2)10-18(14)27-3/h4-8,10-11H,9,12H2,1-3H3,(H,23,24). The number of ether oxygens (including phenoxy) is 2. The SMILES string of the molecule is COc1ccc(Cc2cn(CC(=O)O)c3c(C)cccc3c2=O)c(OC)c1. The van der Waals surface area contributed by atoms with E-state index in [1.54, 1.807) is 43.2 Å². The van der Waals surface area contributed by atoms with Gasteiger partial charge in [-0.25, -0.2) is 0 Å². The molecule has 0 radical (unpaired) electrons. The van der Waals surface area contributed by atoms with Gasteiger partial charge in [-0.05, 0) is 30.2 Å². The van der Waals surface area contributed by atoms with E-state index in [0.29, 0.717) is 34.4 Å². The van der Waals surface area contributed by atoms with Gasteiger partial charge in [-0.1, -0.05) is 18.2 Å². The Morgan fingerprint density at radius 2 is 1.89 bits per heavy atom. The first-order valence-corrected chi connectivity index (χ1v) is 8.49. The van der Waals surface area contributed by atoms with Gasteiger partial charge in [0, 0.05) is 29.6 Å². The summed E-state index contributed by atoms with van der Waals surface area (Å²) in [5.74, 6) is 0.312. The molecule has 2 aromatic carbocycles. The van der Waals surface area contributed by atoms with Crippen LogP contribution in [0.5, 0.6) is 11.5 Å². The first-order valence-electron chi connectivity index (χ1n) is 8.49. The largest absolute Gasteiger partial charge is 0.497 e. The molecule has 0 bridgehead atoms. The fourth-order valence-electron chi connectivity index (χ4n) is 3.31. The smallest absolute Gasteiger partial charge is 0.323 e. The van der Waals surface area contributed by atoms with Gasteiger partial charge in [-0.15, -0.1) is 0 Å². The summed E-state index contributed by atoms with van der Waals surface area (Å²) in [5, 5.41) is 9.79. The van der Waals surface area contributed by atoms with Crippen molar-refractivity contribution in [2.75, 3.05) is 14.2 Å². The van der Waals surface area contributed by atoms with Gasteiger partial charge in [0.1, 0.15) is 18.0 Å². The van der Waals surface area contributed by atoms with Gasteiger partial charge >= 0.3 is 5.97 Å². The van der Waals surface area contributed by atoms with E-state index in [1.807, 2.05) is 25.1 Å². The molecule has 0 amide bonds. The van der Waals surface area contributed by atoms with Crippen molar-refractivity contribution in [3.63, 3.8) is 0 Å². The average Bonchev–Trinajstić information content (AvgIpc) is 2.65. The summed E-state index contributed by atoms with van der Waals surface area (Å²) in [5.41, 5.74) is 2.74. The van der Waals surface area contributed by atoms with E-state index < -0.39 is 5.97 Å². The lowest BCUT2D eigenvalue weighted by Crippen LogP contribution is -2.19. The van der Waals surface area contributed by atoms with Crippen LogP contribution in [0.1, 0.15) is 16.7 Å². The van der Waals surface area contributed by atoms with Crippen LogP contribution in [0.2, 0.25) is 0 Å². The molecule has 0 atom stereocenters. The third kappa shape index (κ3) is 3.65. The second-order valence-electron chi connectivity index (χ2n) is 6.33. The van der Waals surface area contributed by atoms with Crippen LogP contribution in [0.3, 0.4) is 0 Å². The molecule has 0 saturated heterocycles. The quantitative estimate of drug-likeness (QED) is 0.725. The molecule has 0 fully saturated rings. The van der Waals surface area contributed by atoms with Gasteiger partial charge in [0.2, 0.25) is 0 Å². The van der Waals surface area contributed by atoms with Crippen molar-refractivity contribution in [2.24, 2.45) is 0 Å². The maximum absolute atomic E-state index is 13.0. The number of carboxylic acids is 1. The number of methoxy groups -OCH3 is 2. The fraction of sp³-hybridized carbons (Fsp3) is 0.238. The number of pyridine rings is 1. The maximum Gasteiger partial charge on any atom is 0.323 e. The minimum absolute atomic E-state index is 0.104. The van der Waals surface area contributed by atoms with Crippen LogP contribution in [0, 0.1) is 6.92 Å². The fourth-order valence-corrected chi connectivity index (χ4v) is 3.31. The highest BCUT2D eigenvalue weighted by Gasteiger charge is 2.15. The van der Waals surface area contributed by atoms with E-state index in [-0.39, 0.29) is 12.0 Å². The molecule has 27 heavy (non-hydrogen) atoms. The van der Waals surface area contributed by atoms with Crippen molar-refractivity contribution in [2.45, 2.75) is 19.9 Å². The molecule has 0 aliphatic carbocycles. The molecule has 3 aromatic rings. The van der Waals surface area contributed by atoms with E-state index in [1.165, 1.54) is 0 Å². The molecular formula is C21H21NO5.